The summed E-state index contributed by atoms with van der Waals surface area (Å²) >= 11 is 0. The molecule has 2 aromatic heterocycles. The van der Waals surface area contributed by atoms with Crippen LogP contribution in [0.25, 0.3) is 22.5 Å². The molecule has 0 aliphatic carbocycles. The van der Waals surface area contributed by atoms with E-state index in [0.29, 0.717) is 11.4 Å². The number of aromatic nitrogens is 3. The quantitative estimate of drug-likeness (QED) is 0.740. The summed E-state index contributed by atoms with van der Waals surface area (Å²) in [4.78, 5) is 12.8. The van der Waals surface area contributed by atoms with Crippen LogP contribution < -0.4 is 11.5 Å². The molecule has 20 heavy (non-hydrogen) atoms. The molecular formula is C15H13N5. The molecule has 2 heterocycles. The van der Waals surface area contributed by atoms with Crippen molar-refractivity contribution in [3.63, 3.8) is 0 Å². The summed E-state index contributed by atoms with van der Waals surface area (Å²) in [5, 5.41) is 0. The Hall–Kier alpha value is -2.95. The Bertz CT molecular complexity index is 662. The molecule has 0 atom stereocenters. The van der Waals surface area contributed by atoms with Gasteiger partial charge in [0.05, 0.1) is 11.4 Å². The van der Waals surface area contributed by atoms with Gasteiger partial charge in [-0.3, -0.25) is 4.98 Å². The highest BCUT2D eigenvalue weighted by Crippen LogP contribution is 2.30. The predicted octanol–water partition coefficient (Wildman–Crippen LogP) is 2.37. The lowest BCUT2D eigenvalue weighted by atomic mass is 10.1. The summed E-state index contributed by atoms with van der Waals surface area (Å²) in [5.41, 5.74) is 14.8. The number of nitrogen functional groups attached to an aromatic ring is 2. The van der Waals surface area contributed by atoms with Gasteiger partial charge in [0.15, 0.2) is 11.6 Å². The molecule has 0 spiro atoms. The molecule has 0 aliphatic heterocycles. The van der Waals surface area contributed by atoms with E-state index in [4.69, 9.17) is 11.5 Å². The summed E-state index contributed by atoms with van der Waals surface area (Å²) in [6, 6.07) is 13.5. The molecular weight excluding hydrogens is 250 g/mol. The van der Waals surface area contributed by atoms with Gasteiger partial charge in [0.25, 0.3) is 0 Å². The molecule has 0 unspecified atom stereocenters. The molecule has 0 fully saturated rings. The first-order valence-corrected chi connectivity index (χ1v) is 6.14. The van der Waals surface area contributed by atoms with E-state index in [-0.39, 0.29) is 11.6 Å². The Morgan fingerprint density at radius 1 is 0.650 bits per heavy atom. The summed E-state index contributed by atoms with van der Waals surface area (Å²) in [7, 11) is 0. The van der Waals surface area contributed by atoms with Crippen LogP contribution in [0.5, 0.6) is 0 Å². The molecule has 5 heteroatoms. The lowest BCUT2D eigenvalue weighted by Crippen LogP contribution is -2.04. The molecule has 0 bridgehead atoms. The van der Waals surface area contributed by atoms with Crippen LogP contribution in [0.2, 0.25) is 0 Å². The smallest absolute Gasteiger partial charge is 0.166 e. The van der Waals surface area contributed by atoms with E-state index in [1.54, 1.807) is 12.4 Å². The molecule has 3 rings (SSSR count). The standard InChI is InChI=1S/C15H13N5/c16-14-15(17)20-13(11-6-8-18-9-7-11)12(19-14)10-4-2-1-3-5-10/h1-9H,(H2,16,19)(H2,17,20). The van der Waals surface area contributed by atoms with Gasteiger partial charge in [0, 0.05) is 23.5 Å². The average molecular weight is 263 g/mol. The van der Waals surface area contributed by atoms with Crippen molar-refractivity contribution < 1.29 is 0 Å². The van der Waals surface area contributed by atoms with Gasteiger partial charge in [-0.2, -0.15) is 0 Å². The second-order valence-electron chi connectivity index (χ2n) is 4.29. The van der Waals surface area contributed by atoms with Gasteiger partial charge in [-0.05, 0) is 12.1 Å². The molecule has 98 valence electrons. The zero-order valence-corrected chi connectivity index (χ0v) is 10.7. The largest absolute Gasteiger partial charge is 0.381 e. The van der Waals surface area contributed by atoms with Crippen molar-refractivity contribution in [3.05, 3.63) is 54.9 Å². The van der Waals surface area contributed by atoms with E-state index in [9.17, 15) is 0 Å². The maximum Gasteiger partial charge on any atom is 0.166 e. The van der Waals surface area contributed by atoms with Gasteiger partial charge < -0.3 is 11.5 Å². The molecule has 1 aromatic carbocycles. The number of benzene rings is 1. The van der Waals surface area contributed by atoms with E-state index < -0.39 is 0 Å². The van der Waals surface area contributed by atoms with Crippen LogP contribution in [-0.4, -0.2) is 15.0 Å². The summed E-state index contributed by atoms with van der Waals surface area (Å²) < 4.78 is 0. The Labute approximate surface area is 116 Å². The van der Waals surface area contributed by atoms with E-state index in [0.717, 1.165) is 11.1 Å². The molecule has 5 nitrogen and oxygen atoms in total. The first kappa shape index (κ1) is 12.1. The minimum Gasteiger partial charge on any atom is -0.381 e. The van der Waals surface area contributed by atoms with Crippen LogP contribution in [0.4, 0.5) is 11.6 Å². The third-order valence-corrected chi connectivity index (χ3v) is 2.95. The van der Waals surface area contributed by atoms with Crippen molar-refractivity contribution in [1.29, 1.82) is 0 Å². The Morgan fingerprint density at radius 2 is 1.15 bits per heavy atom. The van der Waals surface area contributed by atoms with Crippen LogP contribution in [0.15, 0.2) is 54.9 Å². The maximum absolute atomic E-state index is 5.79. The van der Waals surface area contributed by atoms with Gasteiger partial charge >= 0.3 is 0 Å². The molecule has 0 amide bonds. The fourth-order valence-electron chi connectivity index (χ4n) is 1.97. The topological polar surface area (TPSA) is 90.7 Å². The SMILES string of the molecule is Nc1nc(-c2ccccc2)c(-c2ccncc2)nc1N. The Balaban J connectivity index is 2.26. The predicted molar refractivity (Wildman–Crippen MR) is 79.5 cm³/mol. The average Bonchev–Trinajstić information content (AvgIpc) is 2.51. The normalized spacial score (nSPS) is 10.4. The highest BCUT2D eigenvalue weighted by atomic mass is 15.0. The van der Waals surface area contributed by atoms with Crippen LogP contribution in [0.1, 0.15) is 0 Å². The van der Waals surface area contributed by atoms with Gasteiger partial charge in [-0.1, -0.05) is 30.3 Å². The minimum absolute atomic E-state index is 0.233. The summed E-state index contributed by atoms with van der Waals surface area (Å²) in [6.07, 6.45) is 3.41. The van der Waals surface area contributed by atoms with Crippen molar-refractivity contribution in [2.45, 2.75) is 0 Å². The van der Waals surface area contributed by atoms with E-state index in [1.165, 1.54) is 0 Å². The highest BCUT2D eigenvalue weighted by Gasteiger charge is 2.13. The Kier molecular flexibility index (Phi) is 3.01. The molecule has 0 radical (unpaired) electrons. The summed E-state index contributed by atoms with van der Waals surface area (Å²) in [5.74, 6) is 0.471. The van der Waals surface area contributed by atoms with E-state index >= 15 is 0 Å². The van der Waals surface area contributed by atoms with Gasteiger partial charge in [-0.25, -0.2) is 9.97 Å². The van der Waals surface area contributed by atoms with Crippen LogP contribution in [0, 0.1) is 0 Å². The van der Waals surface area contributed by atoms with E-state index in [2.05, 4.69) is 15.0 Å². The molecule has 4 N–H and O–H groups in total. The van der Waals surface area contributed by atoms with Gasteiger partial charge in [-0.15, -0.1) is 0 Å². The van der Waals surface area contributed by atoms with Gasteiger partial charge in [0.1, 0.15) is 0 Å². The first-order valence-electron chi connectivity index (χ1n) is 6.14. The molecule has 3 aromatic rings. The zero-order valence-electron chi connectivity index (χ0n) is 10.7. The number of rotatable bonds is 2. The van der Waals surface area contributed by atoms with E-state index in [1.807, 2.05) is 42.5 Å². The van der Waals surface area contributed by atoms with Crippen LogP contribution in [0.3, 0.4) is 0 Å². The first-order chi connectivity index (χ1) is 9.75. The zero-order chi connectivity index (χ0) is 13.9. The minimum atomic E-state index is 0.233. The fourth-order valence-corrected chi connectivity index (χ4v) is 1.97. The third kappa shape index (κ3) is 2.16. The lowest BCUT2D eigenvalue weighted by Gasteiger charge is -2.10. The molecule has 0 saturated heterocycles. The lowest BCUT2D eigenvalue weighted by molar-refractivity contribution is 1.22. The van der Waals surface area contributed by atoms with Crippen molar-refractivity contribution in [1.82, 2.24) is 15.0 Å². The number of hydrogen-bond acceptors (Lipinski definition) is 5. The summed E-state index contributed by atoms with van der Waals surface area (Å²) in [6.45, 7) is 0. The third-order valence-electron chi connectivity index (χ3n) is 2.95. The number of nitrogens with zero attached hydrogens (tertiary/aromatic N) is 3. The van der Waals surface area contributed by atoms with Crippen molar-refractivity contribution in [2.24, 2.45) is 0 Å². The molecule has 0 saturated carbocycles. The second-order valence-corrected chi connectivity index (χ2v) is 4.29. The second kappa shape index (κ2) is 4.97. The van der Waals surface area contributed by atoms with Crippen LogP contribution >= 0.6 is 0 Å². The highest BCUT2D eigenvalue weighted by molar-refractivity contribution is 5.80. The monoisotopic (exact) mass is 263 g/mol. The number of anilines is 2. The van der Waals surface area contributed by atoms with Gasteiger partial charge in [0.2, 0.25) is 0 Å². The van der Waals surface area contributed by atoms with Crippen molar-refractivity contribution in [2.75, 3.05) is 11.5 Å². The van der Waals surface area contributed by atoms with Crippen molar-refractivity contribution in [3.8, 4) is 22.5 Å². The number of nitrogens with two attached hydrogens (primary N) is 2. The maximum atomic E-state index is 5.79. The molecule has 0 aliphatic rings. The number of hydrogen-bond donors (Lipinski definition) is 2. The van der Waals surface area contributed by atoms with Crippen LogP contribution in [-0.2, 0) is 0 Å². The number of pyridine rings is 1. The van der Waals surface area contributed by atoms with Crippen molar-refractivity contribution >= 4 is 11.6 Å². The Morgan fingerprint density at radius 3 is 1.70 bits per heavy atom. The fraction of sp³-hybridized carbons (Fsp3) is 0.